The Morgan fingerprint density at radius 2 is 1.81 bits per heavy atom. The Bertz CT molecular complexity index is 625. The minimum atomic E-state index is 0.0412. The Morgan fingerprint density at radius 1 is 1.05 bits per heavy atom. The molecule has 3 heteroatoms. The third kappa shape index (κ3) is 4.23. The molecule has 0 aromatic heterocycles. The normalized spacial score (nSPS) is 12.2. The summed E-state index contributed by atoms with van der Waals surface area (Å²) < 4.78 is 5.37. The highest BCUT2D eigenvalue weighted by Gasteiger charge is 2.11. The number of hydrogen-bond donors (Lipinski definition) is 1. The van der Waals surface area contributed by atoms with E-state index in [1.807, 2.05) is 18.2 Å². The van der Waals surface area contributed by atoms with Crippen LogP contribution in [0.4, 0.5) is 0 Å². The summed E-state index contributed by atoms with van der Waals surface area (Å²) in [4.78, 5) is 0. The van der Waals surface area contributed by atoms with Gasteiger partial charge in [-0.15, -0.1) is 0 Å². The molecule has 1 unspecified atom stereocenters. The number of ether oxygens (including phenoxy) is 1. The average Bonchev–Trinajstić information content (AvgIpc) is 2.43. The molecule has 0 aliphatic carbocycles. The van der Waals surface area contributed by atoms with Crippen molar-refractivity contribution in [3.8, 4) is 5.75 Å². The molecule has 0 heterocycles. The second-order valence-electron chi connectivity index (χ2n) is 5.54. The number of nitrogens with two attached hydrogens (primary N) is 1. The van der Waals surface area contributed by atoms with Crippen LogP contribution in [0, 0.1) is 13.8 Å². The predicted molar refractivity (Wildman–Crippen MR) is 89.3 cm³/mol. The molecule has 0 radical (unpaired) electrons. The number of halogens is 1. The van der Waals surface area contributed by atoms with Gasteiger partial charge in [0.25, 0.3) is 0 Å². The van der Waals surface area contributed by atoms with Crippen LogP contribution in [0.15, 0.2) is 36.4 Å². The van der Waals surface area contributed by atoms with Gasteiger partial charge >= 0.3 is 0 Å². The maximum Gasteiger partial charge on any atom is 0.122 e. The summed E-state index contributed by atoms with van der Waals surface area (Å²) in [5, 5.41) is 0.712. The van der Waals surface area contributed by atoms with Crippen LogP contribution in [-0.2, 0) is 12.8 Å². The van der Waals surface area contributed by atoms with Crippen LogP contribution in [0.2, 0.25) is 5.02 Å². The first-order chi connectivity index (χ1) is 9.99. The van der Waals surface area contributed by atoms with E-state index in [1.54, 1.807) is 7.11 Å². The number of benzene rings is 2. The molecule has 0 saturated heterocycles. The average molecular weight is 304 g/mol. The molecule has 0 bridgehead atoms. The molecule has 2 aromatic rings. The van der Waals surface area contributed by atoms with E-state index in [2.05, 4.69) is 32.0 Å². The van der Waals surface area contributed by atoms with Crippen molar-refractivity contribution in [3.05, 3.63) is 63.7 Å². The first-order valence-electron chi connectivity index (χ1n) is 7.13. The van der Waals surface area contributed by atoms with Gasteiger partial charge in [0.15, 0.2) is 0 Å². The minimum absolute atomic E-state index is 0.0412. The van der Waals surface area contributed by atoms with Crippen molar-refractivity contribution in [1.29, 1.82) is 0 Å². The second-order valence-corrected chi connectivity index (χ2v) is 5.98. The Labute approximate surface area is 131 Å². The van der Waals surface area contributed by atoms with E-state index in [0.29, 0.717) is 5.02 Å². The molecule has 1 atom stereocenters. The molecule has 0 saturated carbocycles. The van der Waals surface area contributed by atoms with Crippen LogP contribution in [0.25, 0.3) is 0 Å². The fourth-order valence-electron chi connectivity index (χ4n) is 2.49. The van der Waals surface area contributed by atoms with Crippen molar-refractivity contribution in [2.24, 2.45) is 5.73 Å². The van der Waals surface area contributed by atoms with E-state index in [0.717, 1.165) is 24.2 Å². The summed E-state index contributed by atoms with van der Waals surface area (Å²) in [6, 6.07) is 12.2. The van der Waals surface area contributed by atoms with E-state index in [-0.39, 0.29) is 6.04 Å². The summed E-state index contributed by atoms with van der Waals surface area (Å²) in [6.45, 7) is 4.25. The van der Waals surface area contributed by atoms with Gasteiger partial charge in [-0.05, 0) is 67.1 Å². The van der Waals surface area contributed by atoms with Crippen LogP contribution >= 0.6 is 11.6 Å². The quantitative estimate of drug-likeness (QED) is 0.903. The summed E-state index contributed by atoms with van der Waals surface area (Å²) >= 11 is 6.06. The van der Waals surface area contributed by atoms with Gasteiger partial charge in [0.1, 0.15) is 5.75 Å². The van der Waals surface area contributed by atoms with Gasteiger partial charge in [0, 0.05) is 11.1 Å². The van der Waals surface area contributed by atoms with Crippen molar-refractivity contribution in [2.75, 3.05) is 7.11 Å². The lowest BCUT2D eigenvalue weighted by molar-refractivity contribution is 0.408. The third-order valence-corrected chi connectivity index (χ3v) is 4.03. The van der Waals surface area contributed by atoms with Crippen LogP contribution in [0.5, 0.6) is 5.75 Å². The molecule has 2 rings (SSSR count). The predicted octanol–water partition coefficient (Wildman–Crippen LogP) is 4.08. The Kier molecular flexibility index (Phi) is 5.27. The Balaban J connectivity index is 2.09. The molecule has 0 aliphatic heterocycles. The second kappa shape index (κ2) is 6.97. The lowest BCUT2D eigenvalue weighted by Gasteiger charge is -2.15. The summed E-state index contributed by atoms with van der Waals surface area (Å²) in [7, 11) is 1.67. The Morgan fingerprint density at radius 3 is 2.48 bits per heavy atom. The lowest BCUT2D eigenvalue weighted by Crippen LogP contribution is -2.25. The highest BCUT2D eigenvalue weighted by atomic mass is 35.5. The number of aryl methyl sites for hydroxylation is 2. The summed E-state index contributed by atoms with van der Waals surface area (Å²) in [5.41, 5.74) is 11.2. The SMILES string of the molecule is COc1ccc(Cl)cc1CC(N)Cc1ccc(C)c(C)c1. The number of rotatable bonds is 5. The largest absolute Gasteiger partial charge is 0.496 e. The van der Waals surface area contributed by atoms with Crippen LogP contribution in [0.1, 0.15) is 22.3 Å². The molecule has 0 fully saturated rings. The van der Waals surface area contributed by atoms with E-state index in [1.165, 1.54) is 16.7 Å². The van der Waals surface area contributed by atoms with Crippen molar-refractivity contribution < 1.29 is 4.74 Å². The minimum Gasteiger partial charge on any atom is -0.496 e. The van der Waals surface area contributed by atoms with Crippen LogP contribution in [-0.4, -0.2) is 13.2 Å². The molecular formula is C18H22ClNO. The lowest BCUT2D eigenvalue weighted by atomic mass is 9.97. The third-order valence-electron chi connectivity index (χ3n) is 3.79. The summed E-state index contributed by atoms with van der Waals surface area (Å²) in [6.07, 6.45) is 1.59. The zero-order valence-electron chi connectivity index (χ0n) is 12.8. The van der Waals surface area contributed by atoms with E-state index < -0.39 is 0 Å². The van der Waals surface area contributed by atoms with Gasteiger partial charge in [-0.3, -0.25) is 0 Å². The first kappa shape index (κ1) is 15.9. The van der Waals surface area contributed by atoms with Gasteiger partial charge in [-0.1, -0.05) is 29.8 Å². The van der Waals surface area contributed by atoms with Crippen LogP contribution < -0.4 is 10.5 Å². The van der Waals surface area contributed by atoms with E-state index in [4.69, 9.17) is 22.1 Å². The maximum atomic E-state index is 6.30. The fourth-order valence-corrected chi connectivity index (χ4v) is 2.69. The van der Waals surface area contributed by atoms with Gasteiger partial charge in [0.2, 0.25) is 0 Å². The van der Waals surface area contributed by atoms with Crippen molar-refractivity contribution >= 4 is 11.6 Å². The van der Waals surface area contributed by atoms with Crippen molar-refractivity contribution in [3.63, 3.8) is 0 Å². The van der Waals surface area contributed by atoms with E-state index >= 15 is 0 Å². The molecule has 2 aromatic carbocycles. The van der Waals surface area contributed by atoms with Gasteiger partial charge in [-0.2, -0.15) is 0 Å². The highest BCUT2D eigenvalue weighted by molar-refractivity contribution is 6.30. The molecule has 0 amide bonds. The van der Waals surface area contributed by atoms with E-state index in [9.17, 15) is 0 Å². The molecule has 2 nitrogen and oxygen atoms in total. The molecule has 2 N–H and O–H groups in total. The number of methoxy groups -OCH3 is 1. The standard InChI is InChI=1S/C18H22ClNO/c1-12-4-5-14(8-13(12)2)9-17(20)11-15-10-16(19)6-7-18(15)21-3/h4-8,10,17H,9,11,20H2,1-3H3. The van der Waals surface area contributed by atoms with Crippen LogP contribution in [0.3, 0.4) is 0 Å². The van der Waals surface area contributed by atoms with Crippen molar-refractivity contribution in [2.45, 2.75) is 32.7 Å². The fraction of sp³-hybridized carbons (Fsp3) is 0.333. The first-order valence-corrected chi connectivity index (χ1v) is 7.51. The zero-order chi connectivity index (χ0) is 15.4. The van der Waals surface area contributed by atoms with Gasteiger partial charge in [-0.25, -0.2) is 0 Å². The molecule has 21 heavy (non-hydrogen) atoms. The smallest absolute Gasteiger partial charge is 0.122 e. The highest BCUT2D eigenvalue weighted by Crippen LogP contribution is 2.24. The zero-order valence-corrected chi connectivity index (χ0v) is 13.6. The molecular weight excluding hydrogens is 282 g/mol. The monoisotopic (exact) mass is 303 g/mol. The van der Waals surface area contributed by atoms with Gasteiger partial charge < -0.3 is 10.5 Å². The molecule has 112 valence electrons. The van der Waals surface area contributed by atoms with Crippen molar-refractivity contribution in [1.82, 2.24) is 0 Å². The summed E-state index contributed by atoms with van der Waals surface area (Å²) in [5.74, 6) is 0.843. The van der Waals surface area contributed by atoms with Gasteiger partial charge in [0.05, 0.1) is 7.11 Å². The molecule has 0 aliphatic rings. The Hall–Kier alpha value is -1.51. The topological polar surface area (TPSA) is 35.2 Å². The number of hydrogen-bond acceptors (Lipinski definition) is 2. The molecule has 0 spiro atoms. The maximum absolute atomic E-state index is 6.30.